The van der Waals surface area contributed by atoms with Gasteiger partial charge in [-0.1, -0.05) is 27.5 Å². The topological polar surface area (TPSA) is 85.7 Å². The lowest BCUT2D eigenvalue weighted by Gasteiger charge is -2.11. The van der Waals surface area contributed by atoms with E-state index in [4.69, 9.17) is 16.3 Å². The molecule has 1 aliphatic heterocycles. The monoisotopic (exact) mass is 560 g/mol. The molecule has 0 bridgehead atoms. The Bertz CT molecular complexity index is 1350. The molecule has 0 atom stereocenters. The number of halogens is 2. The van der Waals surface area contributed by atoms with E-state index in [0.29, 0.717) is 16.1 Å². The van der Waals surface area contributed by atoms with Crippen LogP contribution in [0.15, 0.2) is 58.0 Å². The third-order valence-electron chi connectivity index (χ3n) is 5.11. The molecule has 3 aromatic rings. The average molecular weight is 562 g/mol. The Morgan fingerprint density at radius 2 is 1.85 bits per heavy atom. The minimum atomic E-state index is -0.543. The molecule has 10 heteroatoms. The molecule has 0 unspecified atom stereocenters. The van der Waals surface area contributed by atoms with Gasteiger partial charge in [-0.25, -0.2) is 0 Å². The summed E-state index contributed by atoms with van der Waals surface area (Å²) in [5.41, 5.74) is 1.80. The van der Waals surface area contributed by atoms with Crippen molar-refractivity contribution in [3.8, 4) is 0 Å². The third-order valence-corrected chi connectivity index (χ3v) is 6.76. The molecule has 0 N–H and O–H groups in total. The van der Waals surface area contributed by atoms with Crippen molar-refractivity contribution in [1.82, 2.24) is 9.47 Å². The predicted octanol–water partition coefficient (Wildman–Crippen LogP) is 5.54. The summed E-state index contributed by atoms with van der Waals surface area (Å²) in [7, 11) is 0. The van der Waals surface area contributed by atoms with Crippen molar-refractivity contribution in [2.75, 3.05) is 13.2 Å². The zero-order chi connectivity index (χ0) is 24.4. The van der Waals surface area contributed by atoms with Crippen molar-refractivity contribution in [1.29, 1.82) is 0 Å². The van der Waals surface area contributed by atoms with Crippen molar-refractivity contribution >= 4 is 79.2 Å². The number of carbonyl (C=O) groups is 4. The molecule has 1 fully saturated rings. The number of esters is 1. The fraction of sp³-hybridized carbons (Fsp3) is 0.167. The lowest BCUT2D eigenvalue weighted by atomic mass is 10.1. The number of ketones is 1. The van der Waals surface area contributed by atoms with Crippen LogP contribution in [0.4, 0.5) is 4.79 Å². The maximum absolute atomic E-state index is 13.0. The van der Waals surface area contributed by atoms with Crippen LogP contribution in [0, 0.1) is 0 Å². The lowest BCUT2D eigenvalue weighted by molar-refractivity contribution is -0.143. The van der Waals surface area contributed by atoms with Gasteiger partial charge in [0.15, 0.2) is 5.78 Å². The van der Waals surface area contributed by atoms with Gasteiger partial charge in [0.05, 0.1) is 18.1 Å². The highest BCUT2D eigenvalue weighted by Crippen LogP contribution is 2.35. The summed E-state index contributed by atoms with van der Waals surface area (Å²) in [6, 6.07) is 11.8. The molecule has 2 aromatic carbocycles. The second-order valence-corrected chi connectivity index (χ2v) is 9.72. The number of rotatable bonds is 7. The first kappa shape index (κ1) is 24.3. The van der Waals surface area contributed by atoms with E-state index < -0.39 is 11.1 Å². The van der Waals surface area contributed by atoms with E-state index in [2.05, 4.69) is 15.9 Å². The molecule has 4 rings (SSSR count). The van der Waals surface area contributed by atoms with Gasteiger partial charge in [-0.15, -0.1) is 0 Å². The van der Waals surface area contributed by atoms with Gasteiger partial charge in [-0.05, 0) is 67.2 Å². The second kappa shape index (κ2) is 10.2. The molecule has 0 aliphatic carbocycles. The van der Waals surface area contributed by atoms with Crippen LogP contribution in [0.25, 0.3) is 17.0 Å². The fourth-order valence-electron chi connectivity index (χ4n) is 3.54. The first-order chi connectivity index (χ1) is 16.3. The quantitative estimate of drug-likeness (QED) is 0.214. The van der Waals surface area contributed by atoms with Gasteiger partial charge in [0.2, 0.25) is 0 Å². The summed E-state index contributed by atoms with van der Waals surface area (Å²) in [4.78, 5) is 51.2. The van der Waals surface area contributed by atoms with Crippen molar-refractivity contribution in [2.45, 2.75) is 13.5 Å². The number of ether oxygens (including phenoxy) is 1. The summed E-state index contributed by atoms with van der Waals surface area (Å²) in [6.45, 7) is 1.66. The molecular formula is C24H18BrClN2O5S. The van der Waals surface area contributed by atoms with Gasteiger partial charge in [-0.3, -0.25) is 24.1 Å². The molecule has 0 saturated carbocycles. The average Bonchev–Trinajstić information content (AvgIpc) is 3.25. The van der Waals surface area contributed by atoms with Gasteiger partial charge in [0, 0.05) is 37.7 Å². The number of hydrogen-bond donors (Lipinski definition) is 0. The van der Waals surface area contributed by atoms with E-state index in [9.17, 15) is 19.2 Å². The normalized spacial score (nSPS) is 14.9. The Labute approximate surface area is 212 Å². The van der Waals surface area contributed by atoms with E-state index in [1.165, 1.54) is 0 Å². The lowest BCUT2D eigenvalue weighted by Crippen LogP contribution is -2.33. The van der Waals surface area contributed by atoms with E-state index in [-0.39, 0.29) is 36.4 Å². The number of benzene rings is 2. The van der Waals surface area contributed by atoms with Crippen LogP contribution in [0.3, 0.4) is 0 Å². The van der Waals surface area contributed by atoms with Crippen LogP contribution in [0.2, 0.25) is 5.02 Å². The summed E-state index contributed by atoms with van der Waals surface area (Å²) in [5, 5.41) is 0.761. The molecule has 1 aliphatic rings. The molecule has 1 saturated heterocycles. The van der Waals surface area contributed by atoms with E-state index in [0.717, 1.165) is 32.0 Å². The van der Waals surface area contributed by atoms with Crippen LogP contribution in [0.1, 0.15) is 22.8 Å². The molecule has 0 radical (unpaired) electrons. The zero-order valence-electron chi connectivity index (χ0n) is 17.9. The molecule has 174 valence electrons. The molecular weight excluding hydrogens is 544 g/mol. The number of Topliss-reactive ketones (excluding diaryl/α,β-unsaturated/α-hetero) is 1. The van der Waals surface area contributed by atoms with E-state index in [1.54, 1.807) is 48.0 Å². The number of imide groups is 1. The number of nitrogens with zero attached hydrogens (tertiary/aromatic N) is 2. The maximum Gasteiger partial charge on any atom is 0.325 e. The van der Waals surface area contributed by atoms with Gasteiger partial charge in [0.1, 0.15) is 6.54 Å². The van der Waals surface area contributed by atoms with Crippen LogP contribution in [-0.2, 0) is 20.9 Å². The van der Waals surface area contributed by atoms with Crippen LogP contribution in [0.5, 0.6) is 0 Å². The third kappa shape index (κ3) is 5.11. The standard InChI is InChI=1S/C24H18BrClN2O5S/c1-2-33-22(30)13-27-11-15(18-10-16(25)5-8-19(18)27)9-21-23(31)28(24(32)34-21)12-20(29)14-3-6-17(26)7-4-14/h3-11H,2,12-13H2,1H3/b21-9-. The highest BCUT2D eigenvalue weighted by molar-refractivity contribution is 9.10. The minimum absolute atomic E-state index is 0.0108. The summed E-state index contributed by atoms with van der Waals surface area (Å²) < 4.78 is 7.61. The molecule has 2 amide bonds. The van der Waals surface area contributed by atoms with Crippen molar-refractivity contribution in [3.05, 3.63) is 74.2 Å². The molecule has 2 heterocycles. The van der Waals surface area contributed by atoms with E-state index in [1.807, 2.05) is 18.2 Å². The summed E-state index contributed by atoms with van der Waals surface area (Å²) >= 11 is 10.1. The van der Waals surface area contributed by atoms with Crippen molar-refractivity contribution in [3.63, 3.8) is 0 Å². The number of fused-ring (bicyclic) bond motifs is 1. The Hall–Kier alpha value is -2.88. The Morgan fingerprint density at radius 1 is 1.12 bits per heavy atom. The molecule has 0 spiro atoms. The Morgan fingerprint density at radius 3 is 2.56 bits per heavy atom. The van der Waals surface area contributed by atoms with Gasteiger partial charge < -0.3 is 9.30 Å². The van der Waals surface area contributed by atoms with Crippen LogP contribution in [-0.4, -0.2) is 45.5 Å². The number of carbonyl (C=O) groups excluding carboxylic acids is 4. The smallest absolute Gasteiger partial charge is 0.325 e. The highest BCUT2D eigenvalue weighted by Gasteiger charge is 2.36. The largest absolute Gasteiger partial charge is 0.465 e. The number of amides is 2. The highest BCUT2D eigenvalue weighted by atomic mass is 79.9. The SMILES string of the molecule is CCOC(=O)Cn1cc(/C=C2\SC(=O)N(CC(=O)c3ccc(Cl)cc3)C2=O)c2cc(Br)ccc21. The zero-order valence-corrected chi connectivity index (χ0v) is 21.1. The Kier molecular flexibility index (Phi) is 7.25. The van der Waals surface area contributed by atoms with Crippen molar-refractivity contribution < 1.29 is 23.9 Å². The van der Waals surface area contributed by atoms with Gasteiger partial charge in [-0.2, -0.15) is 0 Å². The molecule has 7 nitrogen and oxygen atoms in total. The number of hydrogen-bond acceptors (Lipinski definition) is 6. The second-order valence-electron chi connectivity index (χ2n) is 7.38. The van der Waals surface area contributed by atoms with Gasteiger partial charge in [0.25, 0.3) is 11.1 Å². The molecule has 34 heavy (non-hydrogen) atoms. The minimum Gasteiger partial charge on any atom is -0.465 e. The number of thioether (sulfide) groups is 1. The van der Waals surface area contributed by atoms with Gasteiger partial charge >= 0.3 is 5.97 Å². The van der Waals surface area contributed by atoms with Crippen LogP contribution < -0.4 is 0 Å². The van der Waals surface area contributed by atoms with E-state index >= 15 is 0 Å². The molecule has 1 aromatic heterocycles. The first-order valence-electron chi connectivity index (χ1n) is 10.2. The number of aromatic nitrogens is 1. The summed E-state index contributed by atoms with van der Waals surface area (Å²) in [5.74, 6) is -1.29. The maximum atomic E-state index is 13.0. The predicted molar refractivity (Wildman–Crippen MR) is 135 cm³/mol. The van der Waals surface area contributed by atoms with Crippen molar-refractivity contribution in [2.24, 2.45) is 0 Å². The Balaban J connectivity index is 1.62. The fourth-order valence-corrected chi connectivity index (χ4v) is 4.85. The summed E-state index contributed by atoms with van der Waals surface area (Å²) in [6.07, 6.45) is 3.34. The van der Waals surface area contributed by atoms with Crippen LogP contribution >= 0.6 is 39.3 Å². The first-order valence-corrected chi connectivity index (χ1v) is 12.2.